The minimum absolute atomic E-state index is 0.0606. The van der Waals surface area contributed by atoms with E-state index in [2.05, 4.69) is 46.0 Å². The average Bonchev–Trinajstić information content (AvgIpc) is 2.37. The van der Waals surface area contributed by atoms with Crippen molar-refractivity contribution in [3.63, 3.8) is 0 Å². The van der Waals surface area contributed by atoms with Crippen molar-refractivity contribution in [1.82, 2.24) is 0 Å². The van der Waals surface area contributed by atoms with Crippen LogP contribution in [0, 0.1) is 11.3 Å². The van der Waals surface area contributed by atoms with Crippen molar-refractivity contribution in [2.45, 2.75) is 72.4 Å². The summed E-state index contributed by atoms with van der Waals surface area (Å²) in [5.41, 5.74) is -0.205. The van der Waals surface area contributed by atoms with Crippen molar-refractivity contribution >= 4 is 19.5 Å². The number of rotatable bonds is 11. The summed E-state index contributed by atoms with van der Waals surface area (Å²) >= 11 is 0. The van der Waals surface area contributed by atoms with E-state index >= 15 is 0 Å². The molecule has 0 spiro atoms. The first-order valence-electron chi connectivity index (χ1n) is 7.99. The first kappa shape index (κ1) is 20.1. The molecule has 20 heavy (non-hydrogen) atoms. The van der Waals surface area contributed by atoms with Crippen LogP contribution in [0.1, 0.15) is 47.0 Å². The van der Waals surface area contributed by atoms with Crippen LogP contribution in [-0.4, -0.2) is 37.0 Å². The van der Waals surface area contributed by atoms with E-state index in [1.165, 1.54) is 12.8 Å². The van der Waals surface area contributed by atoms with Gasteiger partial charge in [0, 0.05) is 11.3 Å². The molecule has 0 saturated carbocycles. The monoisotopic (exact) mass is 318 g/mol. The Kier molecular flexibility index (Phi) is 10.8. The van der Waals surface area contributed by atoms with E-state index < -0.39 is 25.6 Å². The van der Waals surface area contributed by atoms with E-state index in [1.807, 2.05) is 6.92 Å². The highest BCUT2D eigenvalue weighted by atomic mass is 28.2. The molecule has 0 rings (SSSR count). The largest absolute Gasteiger partial charge is 0.400 e. The third-order valence-corrected chi connectivity index (χ3v) is 4.96. The fraction of sp³-hybridized carbons (Fsp3) is 0.867. The molecule has 2 atom stereocenters. The van der Waals surface area contributed by atoms with Gasteiger partial charge >= 0.3 is 0 Å². The molecule has 0 aliphatic rings. The summed E-state index contributed by atoms with van der Waals surface area (Å²) < 4.78 is 11.8. The zero-order valence-electron chi connectivity index (χ0n) is 14.2. The van der Waals surface area contributed by atoms with Gasteiger partial charge in [-0.25, -0.2) is 0 Å². The number of hydrogen-bond acceptors (Lipinski definition) is 3. The third-order valence-electron chi connectivity index (χ3n) is 3.69. The lowest BCUT2D eigenvalue weighted by Gasteiger charge is -2.41. The number of allylic oxidation sites excluding steroid dienone is 1. The maximum atomic E-state index is 10.1. The lowest BCUT2D eigenvalue weighted by molar-refractivity contribution is -0.113. The molecule has 0 aromatic rings. The second kappa shape index (κ2) is 10.7. The van der Waals surface area contributed by atoms with Crippen LogP contribution in [-0.2, 0) is 8.85 Å². The van der Waals surface area contributed by atoms with Gasteiger partial charge < -0.3 is 14.0 Å². The van der Waals surface area contributed by atoms with E-state index in [4.69, 9.17) is 8.85 Å². The molecule has 0 radical (unpaired) electrons. The normalized spacial score (nSPS) is 18.6. The van der Waals surface area contributed by atoms with Crippen LogP contribution in [0.25, 0.3) is 0 Å². The van der Waals surface area contributed by atoms with Gasteiger partial charge in [0.05, 0.1) is 6.10 Å². The predicted molar refractivity (Wildman–Crippen MR) is 92.4 cm³/mol. The van der Waals surface area contributed by atoms with Gasteiger partial charge in [0.25, 0.3) is 0 Å². The Balaban J connectivity index is 4.95. The van der Waals surface area contributed by atoms with Gasteiger partial charge in [0.2, 0.25) is 0 Å². The first-order chi connectivity index (χ1) is 9.41. The zero-order chi connectivity index (χ0) is 15.6. The van der Waals surface area contributed by atoms with Gasteiger partial charge in [-0.3, -0.25) is 0 Å². The summed E-state index contributed by atoms with van der Waals surface area (Å²) in [6, 6.07) is 0. The van der Waals surface area contributed by atoms with Crippen molar-refractivity contribution in [3.8, 4) is 0 Å². The summed E-state index contributed by atoms with van der Waals surface area (Å²) in [6.07, 6.45) is 7.27. The Hall–Kier alpha value is 0.0538. The van der Waals surface area contributed by atoms with Crippen molar-refractivity contribution < 1.29 is 14.0 Å². The topological polar surface area (TPSA) is 38.7 Å². The molecular weight excluding hydrogens is 284 g/mol. The van der Waals surface area contributed by atoms with Crippen molar-refractivity contribution in [2.75, 3.05) is 0 Å². The van der Waals surface area contributed by atoms with Crippen LogP contribution in [0.2, 0.25) is 13.1 Å². The van der Waals surface area contributed by atoms with E-state index in [9.17, 15) is 5.11 Å². The van der Waals surface area contributed by atoms with E-state index in [0.717, 1.165) is 6.42 Å². The molecule has 0 fully saturated rings. The summed E-state index contributed by atoms with van der Waals surface area (Å²) in [5.74, 6) is 0.0606. The van der Waals surface area contributed by atoms with Crippen molar-refractivity contribution in [1.29, 1.82) is 0 Å². The fourth-order valence-corrected chi connectivity index (χ4v) is 4.38. The van der Waals surface area contributed by atoms with E-state index in [-0.39, 0.29) is 17.6 Å². The minimum atomic E-state index is -0.526. The van der Waals surface area contributed by atoms with Crippen LogP contribution in [0.3, 0.4) is 0 Å². The van der Waals surface area contributed by atoms with Crippen LogP contribution in [0.5, 0.6) is 0 Å². The van der Waals surface area contributed by atoms with Crippen LogP contribution in [0.15, 0.2) is 12.2 Å². The number of aliphatic hydroxyl groups is 1. The lowest BCUT2D eigenvalue weighted by atomic mass is 9.75. The highest BCUT2D eigenvalue weighted by Crippen LogP contribution is 2.36. The Morgan fingerprint density at radius 2 is 1.75 bits per heavy atom. The van der Waals surface area contributed by atoms with Gasteiger partial charge in [-0.15, -0.1) is 0 Å². The molecule has 0 aliphatic heterocycles. The maximum absolute atomic E-state index is 10.1. The summed E-state index contributed by atoms with van der Waals surface area (Å²) in [7, 11) is -1.05. The van der Waals surface area contributed by atoms with Crippen molar-refractivity contribution in [3.05, 3.63) is 12.2 Å². The highest BCUT2D eigenvalue weighted by Gasteiger charge is 2.39. The van der Waals surface area contributed by atoms with Gasteiger partial charge in [-0.2, -0.15) is 0 Å². The Labute approximate surface area is 130 Å². The predicted octanol–water partition coefficient (Wildman–Crippen LogP) is 2.38. The molecule has 0 heterocycles. The molecule has 0 unspecified atom stereocenters. The Morgan fingerprint density at radius 3 is 2.15 bits per heavy atom. The Bertz CT molecular complexity index is 262. The van der Waals surface area contributed by atoms with Crippen LogP contribution < -0.4 is 0 Å². The van der Waals surface area contributed by atoms with Gasteiger partial charge in [0.15, 0.2) is 19.5 Å². The molecule has 0 amide bonds. The SMILES string of the molecule is CCCC/C=C/[C@H]([C@H](C)O)C(C)(C)C(O[SiH2]C)O[SiH2]C. The van der Waals surface area contributed by atoms with Crippen molar-refractivity contribution in [2.24, 2.45) is 11.3 Å². The molecule has 0 bridgehead atoms. The second-order valence-corrected chi connectivity index (χ2v) is 7.72. The number of unbranched alkanes of at least 4 members (excludes halogenated alkanes) is 2. The smallest absolute Gasteiger partial charge is 0.161 e. The van der Waals surface area contributed by atoms with Gasteiger partial charge in [-0.05, 0) is 13.3 Å². The number of aliphatic hydroxyl groups excluding tert-OH is 1. The van der Waals surface area contributed by atoms with Gasteiger partial charge in [-0.1, -0.05) is 58.9 Å². The highest BCUT2D eigenvalue weighted by molar-refractivity contribution is 6.26. The third kappa shape index (κ3) is 6.67. The molecule has 120 valence electrons. The van der Waals surface area contributed by atoms with Crippen LogP contribution >= 0.6 is 0 Å². The molecule has 1 N–H and O–H groups in total. The van der Waals surface area contributed by atoms with E-state index in [1.54, 1.807) is 0 Å². The quantitative estimate of drug-likeness (QED) is 0.275. The number of hydrogen-bond donors (Lipinski definition) is 1. The molecule has 0 aliphatic carbocycles. The van der Waals surface area contributed by atoms with E-state index in [0.29, 0.717) is 0 Å². The zero-order valence-corrected chi connectivity index (χ0v) is 17.0. The summed E-state index contributed by atoms with van der Waals surface area (Å²) in [6.45, 7) is 12.6. The first-order valence-corrected chi connectivity index (χ1v) is 12.0. The Morgan fingerprint density at radius 1 is 1.20 bits per heavy atom. The summed E-state index contributed by atoms with van der Waals surface area (Å²) in [5, 5.41) is 10.1. The molecular formula is C15H34O3Si2. The molecule has 0 saturated heterocycles. The molecule has 3 nitrogen and oxygen atoms in total. The maximum Gasteiger partial charge on any atom is 0.161 e. The molecule has 0 aromatic heterocycles. The standard InChI is InChI=1S/C15H34O3Si2/c1-7-8-9-10-11-13(12(2)16)15(3,4)14(17-19-5)18-20-6/h10-14,16H,7-9,19-20H2,1-6H3/b11-10+/t12-,13+/m0/s1. The average molecular weight is 319 g/mol. The molecule has 5 heteroatoms. The second-order valence-electron chi connectivity index (χ2n) is 5.90. The fourth-order valence-electron chi connectivity index (χ4n) is 2.53. The van der Waals surface area contributed by atoms with Crippen LogP contribution in [0.4, 0.5) is 0 Å². The molecule has 0 aromatic carbocycles. The lowest BCUT2D eigenvalue weighted by Crippen LogP contribution is -2.44. The summed E-state index contributed by atoms with van der Waals surface area (Å²) in [4.78, 5) is 0. The van der Waals surface area contributed by atoms with Gasteiger partial charge in [0.1, 0.15) is 6.29 Å². The minimum Gasteiger partial charge on any atom is -0.400 e.